The Morgan fingerprint density at radius 2 is 2.00 bits per heavy atom. The van der Waals surface area contributed by atoms with Gasteiger partial charge in [0.25, 0.3) is 0 Å². The van der Waals surface area contributed by atoms with Crippen LogP contribution in [0.4, 0.5) is 0 Å². The van der Waals surface area contributed by atoms with Gasteiger partial charge >= 0.3 is 0 Å². The van der Waals surface area contributed by atoms with Gasteiger partial charge in [-0.25, -0.2) is 0 Å². The smallest absolute Gasteiger partial charge is 0.248 e. The zero-order valence-electron chi connectivity index (χ0n) is 11.7. The molecule has 1 amide bonds. The Hall–Kier alpha value is -1.10. The van der Waals surface area contributed by atoms with E-state index in [4.69, 9.17) is 28.3 Å². The van der Waals surface area contributed by atoms with Crippen LogP contribution in [0.3, 0.4) is 0 Å². The molecule has 0 saturated heterocycles. The number of nitrogens with zero attached hydrogens (tertiary/aromatic N) is 2. The summed E-state index contributed by atoms with van der Waals surface area (Å²) >= 11 is 12.5. The molecule has 0 aromatic carbocycles. The summed E-state index contributed by atoms with van der Waals surface area (Å²) in [6.07, 6.45) is 2.31. The Balaban J connectivity index is 1.92. The minimum atomic E-state index is -0.431. The highest BCUT2D eigenvalue weighted by atomic mass is 35.5. The number of hydrogen-bond donors (Lipinski definition) is 1. The highest BCUT2D eigenvalue weighted by Crippen LogP contribution is 2.43. The fraction of sp³-hybridized carbons (Fsp3) is 0.467. The number of halogens is 2. The average Bonchev–Trinajstić information content (AvgIpc) is 2.69. The number of fused-ring (bicyclic) bond motifs is 2. The summed E-state index contributed by atoms with van der Waals surface area (Å²) in [5, 5.41) is 10.1. The van der Waals surface area contributed by atoms with Gasteiger partial charge in [-0.3, -0.25) is 9.78 Å². The first-order valence-corrected chi connectivity index (χ1v) is 7.73. The summed E-state index contributed by atoms with van der Waals surface area (Å²) in [5.74, 6) is -0.213. The van der Waals surface area contributed by atoms with Crippen molar-refractivity contribution >= 4 is 34.7 Å². The quantitative estimate of drug-likeness (QED) is 0.863. The maximum Gasteiger partial charge on any atom is 0.248 e. The van der Waals surface area contributed by atoms with Crippen LogP contribution in [0.5, 0.6) is 0 Å². The maximum absolute atomic E-state index is 11.6. The Kier molecular flexibility index (Phi) is 3.95. The molecule has 1 aliphatic heterocycles. The van der Waals surface area contributed by atoms with Crippen LogP contribution < -0.4 is 0 Å². The lowest BCUT2D eigenvalue weighted by atomic mass is 10.1. The van der Waals surface area contributed by atoms with Gasteiger partial charge in [0.2, 0.25) is 5.91 Å². The molecular weight excluding hydrogens is 311 g/mol. The molecule has 0 fully saturated rings. The number of aromatic nitrogens is 1. The third kappa shape index (κ3) is 2.45. The zero-order valence-corrected chi connectivity index (χ0v) is 13.3. The molecular formula is C15H16Cl2N2O2. The topological polar surface area (TPSA) is 53.4 Å². The second-order valence-corrected chi connectivity index (χ2v) is 6.21. The van der Waals surface area contributed by atoms with Gasteiger partial charge in [-0.05, 0) is 31.8 Å². The molecule has 21 heavy (non-hydrogen) atoms. The predicted molar refractivity (Wildman–Crippen MR) is 82.5 cm³/mol. The van der Waals surface area contributed by atoms with Gasteiger partial charge in [-0.1, -0.05) is 28.8 Å². The van der Waals surface area contributed by atoms with Crippen molar-refractivity contribution < 1.29 is 9.90 Å². The molecule has 1 aliphatic carbocycles. The number of aryl methyl sites for hydroxylation is 1. The van der Waals surface area contributed by atoms with Gasteiger partial charge in [-0.2, -0.15) is 0 Å². The first kappa shape index (κ1) is 14.8. The number of rotatable bonds is 1. The lowest BCUT2D eigenvalue weighted by Gasteiger charge is -2.20. The fourth-order valence-corrected chi connectivity index (χ4v) is 3.54. The van der Waals surface area contributed by atoms with E-state index in [9.17, 15) is 4.79 Å². The van der Waals surface area contributed by atoms with E-state index >= 15 is 0 Å². The number of carbonyl (C=O) groups is 1. The summed E-state index contributed by atoms with van der Waals surface area (Å²) in [4.78, 5) is 18.0. The predicted octanol–water partition coefficient (Wildman–Crippen LogP) is 2.62. The molecule has 3 rings (SSSR count). The van der Waals surface area contributed by atoms with Crippen molar-refractivity contribution in [2.45, 2.75) is 26.2 Å². The maximum atomic E-state index is 11.6. The number of pyridine rings is 1. The highest BCUT2D eigenvalue weighted by Gasteiger charge is 2.30. The van der Waals surface area contributed by atoms with Crippen LogP contribution in [-0.4, -0.2) is 40.6 Å². The van der Waals surface area contributed by atoms with Crippen LogP contribution in [-0.2, 0) is 11.2 Å². The van der Waals surface area contributed by atoms with Crippen molar-refractivity contribution in [1.29, 1.82) is 0 Å². The molecule has 1 aromatic heterocycles. The van der Waals surface area contributed by atoms with Crippen LogP contribution in [0.15, 0.2) is 5.57 Å². The Bertz CT molecular complexity index is 656. The standard InChI is InChI=1S/C15H16Cl2N2O2/c1-8-13(16)14(17)11-6-9-2-4-19(12(21)7-20)5-3-10(9)15(11)18-8/h20H,2-7H2,1H3. The first-order valence-electron chi connectivity index (χ1n) is 6.97. The van der Waals surface area contributed by atoms with E-state index in [0.29, 0.717) is 23.1 Å². The summed E-state index contributed by atoms with van der Waals surface area (Å²) in [6, 6.07) is 0. The van der Waals surface area contributed by atoms with Gasteiger partial charge in [0, 0.05) is 18.7 Å². The van der Waals surface area contributed by atoms with E-state index in [1.807, 2.05) is 6.92 Å². The van der Waals surface area contributed by atoms with Crippen molar-refractivity contribution in [2.75, 3.05) is 19.7 Å². The molecule has 2 aliphatic rings. The van der Waals surface area contributed by atoms with Crippen LogP contribution in [0.25, 0.3) is 5.57 Å². The lowest BCUT2D eigenvalue weighted by molar-refractivity contribution is -0.134. The van der Waals surface area contributed by atoms with Gasteiger partial charge in [0.05, 0.1) is 21.4 Å². The number of hydrogen-bond acceptors (Lipinski definition) is 3. The molecule has 0 atom stereocenters. The van der Waals surface area contributed by atoms with Crippen molar-refractivity contribution in [3.05, 3.63) is 32.6 Å². The van der Waals surface area contributed by atoms with Gasteiger partial charge in [-0.15, -0.1) is 0 Å². The minimum absolute atomic E-state index is 0.213. The van der Waals surface area contributed by atoms with E-state index in [2.05, 4.69) is 4.98 Å². The number of aliphatic hydroxyl groups is 1. The number of amides is 1. The second kappa shape index (κ2) is 5.59. The molecule has 2 heterocycles. The number of aliphatic hydroxyl groups excluding tert-OH is 1. The van der Waals surface area contributed by atoms with Crippen LogP contribution >= 0.6 is 23.2 Å². The molecule has 112 valence electrons. The third-order valence-electron chi connectivity index (χ3n) is 4.25. The summed E-state index contributed by atoms with van der Waals surface area (Å²) in [5.41, 5.74) is 5.17. The molecule has 0 spiro atoms. The van der Waals surface area contributed by atoms with Gasteiger partial charge in [0.15, 0.2) is 0 Å². The second-order valence-electron chi connectivity index (χ2n) is 5.45. The van der Waals surface area contributed by atoms with E-state index in [-0.39, 0.29) is 5.91 Å². The largest absolute Gasteiger partial charge is 0.387 e. The molecule has 0 radical (unpaired) electrons. The van der Waals surface area contributed by atoms with E-state index in [0.717, 1.165) is 36.2 Å². The van der Waals surface area contributed by atoms with E-state index < -0.39 is 6.61 Å². The molecule has 4 nitrogen and oxygen atoms in total. The van der Waals surface area contributed by atoms with E-state index in [1.54, 1.807) is 4.90 Å². The first-order chi connectivity index (χ1) is 10.0. The van der Waals surface area contributed by atoms with Crippen LogP contribution in [0, 0.1) is 6.92 Å². The summed E-state index contributed by atoms with van der Waals surface area (Å²) in [6.45, 7) is 2.67. The lowest BCUT2D eigenvalue weighted by Crippen LogP contribution is -2.34. The number of carbonyl (C=O) groups excluding carboxylic acids is 1. The van der Waals surface area contributed by atoms with Crippen molar-refractivity contribution in [2.24, 2.45) is 0 Å². The molecule has 1 N–H and O–H groups in total. The van der Waals surface area contributed by atoms with Crippen molar-refractivity contribution in [3.63, 3.8) is 0 Å². The zero-order chi connectivity index (χ0) is 15.1. The SMILES string of the molecule is Cc1nc2c(c(Cl)c1Cl)CC1=C2CCN(C(=O)CO)CC1. The molecule has 0 unspecified atom stereocenters. The molecule has 1 aromatic rings. The average molecular weight is 327 g/mol. The normalized spacial score (nSPS) is 17.6. The van der Waals surface area contributed by atoms with E-state index in [1.165, 1.54) is 11.1 Å². The highest BCUT2D eigenvalue weighted by molar-refractivity contribution is 6.43. The Morgan fingerprint density at radius 3 is 2.71 bits per heavy atom. The Labute approximate surface area is 133 Å². The molecule has 0 saturated carbocycles. The minimum Gasteiger partial charge on any atom is -0.387 e. The monoisotopic (exact) mass is 326 g/mol. The Morgan fingerprint density at radius 1 is 1.29 bits per heavy atom. The summed E-state index contributed by atoms with van der Waals surface area (Å²) in [7, 11) is 0. The fourth-order valence-electron chi connectivity index (χ4n) is 3.09. The summed E-state index contributed by atoms with van der Waals surface area (Å²) < 4.78 is 0. The van der Waals surface area contributed by atoms with Crippen molar-refractivity contribution in [3.8, 4) is 0 Å². The van der Waals surface area contributed by atoms with Crippen LogP contribution in [0.2, 0.25) is 10.0 Å². The molecule has 0 bridgehead atoms. The van der Waals surface area contributed by atoms with Crippen molar-refractivity contribution in [1.82, 2.24) is 9.88 Å². The third-order valence-corrected chi connectivity index (χ3v) is 5.22. The van der Waals surface area contributed by atoms with Gasteiger partial charge in [0.1, 0.15) is 6.61 Å². The molecule has 6 heteroatoms. The van der Waals surface area contributed by atoms with Gasteiger partial charge < -0.3 is 10.0 Å². The van der Waals surface area contributed by atoms with Crippen LogP contribution in [0.1, 0.15) is 29.8 Å².